The van der Waals surface area contributed by atoms with Gasteiger partial charge in [0.05, 0.1) is 18.6 Å². The van der Waals surface area contributed by atoms with Crippen molar-refractivity contribution in [1.29, 1.82) is 0 Å². The largest absolute Gasteiger partial charge is 0.496 e. The Hall–Kier alpha value is -3.93. The van der Waals surface area contributed by atoms with Gasteiger partial charge in [0.25, 0.3) is 0 Å². The number of benzene rings is 1. The average molecular weight is 572 g/mol. The molecule has 0 saturated carbocycles. The van der Waals surface area contributed by atoms with Crippen molar-refractivity contribution >= 4 is 44.1 Å². The van der Waals surface area contributed by atoms with E-state index in [0.717, 1.165) is 28.6 Å². The van der Waals surface area contributed by atoms with Gasteiger partial charge in [0.15, 0.2) is 9.84 Å². The third-order valence-corrected chi connectivity index (χ3v) is 7.76. The molecule has 3 heterocycles. The lowest BCUT2D eigenvalue weighted by molar-refractivity contribution is -0.153. The van der Waals surface area contributed by atoms with Gasteiger partial charge in [-0.2, -0.15) is 0 Å². The number of ether oxygens (including phenoxy) is 2. The number of nitrogens with zero attached hydrogens (tertiary/aromatic N) is 4. The van der Waals surface area contributed by atoms with E-state index < -0.39 is 21.8 Å². The van der Waals surface area contributed by atoms with Crippen LogP contribution in [0.1, 0.15) is 25.8 Å². The third kappa shape index (κ3) is 7.17. The van der Waals surface area contributed by atoms with Crippen molar-refractivity contribution < 1.29 is 27.5 Å². The van der Waals surface area contributed by atoms with Crippen LogP contribution in [0.15, 0.2) is 47.6 Å². The average Bonchev–Trinajstić information content (AvgIpc) is 3.24. The van der Waals surface area contributed by atoms with Crippen LogP contribution in [-0.4, -0.2) is 81.8 Å². The maximum atomic E-state index is 12.6. The van der Waals surface area contributed by atoms with E-state index in [4.69, 9.17) is 15.2 Å². The molecule has 12 heteroatoms. The zero-order valence-electron chi connectivity index (χ0n) is 23.7. The summed E-state index contributed by atoms with van der Waals surface area (Å²) in [5.74, 6) is 1.29. The molecule has 1 aliphatic heterocycles. The number of nitrogen functional groups attached to an aromatic ring is 1. The number of hydrogen-bond acceptors (Lipinski definition) is 10. The lowest BCUT2D eigenvalue weighted by atomic mass is 10.00. The van der Waals surface area contributed by atoms with Crippen LogP contribution in [0.3, 0.4) is 0 Å². The number of sulfone groups is 1. The molecule has 1 aromatic carbocycles. The molecule has 4 rings (SSSR count). The van der Waals surface area contributed by atoms with E-state index in [1.165, 1.54) is 12.5 Å². The predicted molar refractivity (Wildman–Crippen MR) is 154 cm³/mol. The number of nitrogens with two attached hydrogens (primary N) is 1. The topological polar surface area (TPSA) is 145 Å². The van der Waals surface area contributed by atoms with E-state index in [1.54, 1.807) is 37.3 Å². The van der Waals surface area contributed by atoms with Crippen molar-refractivity contribution in [2.75, 3.05) is 51.2 Å². The van der Waals surface area contributed by atoms with Crippen LogP contribution in [0.25, 0.3) is 10.8 Å². The zero-order valence-corrected chi connectivity index (χ0v) is 24.6. The summed E-state index contributed by atoms with van der Waals surface area (Å²) in [6.07, 6.45) is 5.23. The van der Waals surface area contributed by atoms with Crippen LogP contribution < -0.4 is 15.4 Å². The molecule has 2 atom stereocenters. The number of fused-ring (bicyclic) bond motifs is 1. The Kier molecular flexibility index (Phi) is 9.91. The van der Waals surface area contributed by atoms with E-state index in [9.17, 15) is 18.0 Å². The summed E-state index contributed by atoms with van der Waals surface area (Å²) in [5.41, 5.74) is 6.78. The van der Waals surface area contributed by atoms with Gasteiger partial charge in [-0.15, -0.1) is 0 Å². The van der Waals surface area contributed by atoms with E-state index in [-0.39, 0.29) is 23.3 Å². The zero-order chi connectivity index (χ0) is 29.6. The first-order valence-corrected chi connectivity index (χ1v) is 14.8. The molecule has 1 amide bonds. The molecule has 2 N–H and O–H groups in total. The van der Waals surface area contributed by atoms with E-state index in [0.29, 0.717) is 24.5 Å². The highest BCUT2D eigenvalue weighted by Crippen LogP contribution is 2.31. The highest BCUT2D eigenvalue weighted by molar-refractivity contribution is 7.90. The van der Waals surface area contributed by atoms with Gasteiger partial charge >= 0.3 is 5.97 Å². The Bertz CT molecular complexity index is 1460. The van der Waals surface area contributed by atoms with Gasteiger partial charge < -0.3 is 25.0 Å². The molecule has 2 unspecified atom stereocenters. The fraction of sp³-hybridized carbons (Fsp3) is 0.429. The van der Waals surface area contributed by atoms with Crippen molar-refractivity contribution in [3.63, 3.8) is 0 Å². The second-order valence-corrected chi connectivity index (χ2v) is 11.8. The Labute approximate surface area is 235 Å². The number of methoxy groups -OCH3 is 1. The first-order chi connectivity index (χ1) is 18.9. The first-order valence-electron chi connectivity index (χ1n) is 12.9. The second kappa shape index (κ2) is 12.9. The highest BCUT2D eigenvalue weighted by Gasteiger charge is 2.38. The molecule has 1 aliphatic rings. The van der Waals surface area contributed by atoms with Crippen LogP contribution in [-0.2, 0) is 30.6 Å². The Morgan fingerprint density at radius 2 is 1.95 bits per heavy atom. The summed E-state index contributed by atoms with van der Waals surface area (Å²) in [5, 5.41) is 1.69. The number of pyridine rings is 2. The molecular formula is C28H37N5O6S. The summed E-state index contributed by atoms with van der Waals surface area (Å²) in [4.78, 5) is 36.9. The number of likely N-dealkylation sites (tertiary alicyclic amines) is 1. The number of rotatable bonds is 8. The summed E-state index contributed by atoms with van der Waals surface area (Å²) in [6, 6.07) is 8.17. The smallest absolute Gasteiger partial charge is 0.329 e. The SMILES string of the molecule is CCOC(=O)C(Cc1cc2ccnc(N)c2cc1OC)N1CCC(C)C1=O.CN(C)c1ccc(S(C)(=O)=O)cn1. The van der Waals surface area contributed by atoms with Crippen LogP contribution in [0.5, 0.6) is 5.75 Å². The maximum absolute atomic E-state index is 12.6. The quantitative estimate of drug-likeness (QED) is 0.401. The molecule has 0 radical (unpaired) electrons. The Morgan fingerprint density at radius 1 is 1.23 bits per heavy atom. The normalized spacial score (nSPS) is 15.8. The van der Waals surface area contributed by atoms with Gasteiger partial charge in [0.2, 0.25) is 5.91 Å². The molecule has 1 saturated heterocycles. The summed E-state index contributed by atoms with van der Waals surface area (Å²) >= 11 is 0. The number of anilines is 2. The van der Waals surface area contributed by atoms with E-state index in [1.807, 2.05) is 44.1 Å². The number of esters is 1. The molecule has 0 spiro atoms. The lowest BCUT2D eigenvalue weighted by Gasteiger charge is -2.27. The first kappa shape index (κ1) is 30.6. The molecule has 40 heavy (non-hydrogen) atoms. The van der Waals surface area contributed by atoms with Crippen molar-refractivity contribution in [3.05, 3.63) is 48.3 Å². The van der Waals surface area contributed by atoms with Crippen LogP contribution in [0.4, 0.5) is 11.6 Å². The standard InChI is InChI=1S/C20H25N3O4.C8H12N2O2S/c1-4-27-20(25)16(23-8-6-12(2)19(23)24)10-14-9-13-5-7-22-18(21)15(13)11-17(14)26-3;1-10(2)8-5-4-7(6-9-8)13(3,11)12/h5,7,9,11-12,16H,4,6,8,10H2,1-3H3,(H2,21,22);4-6H,1-3H3. The van der Waals surface area contributed by atoms with Gasteiger partial charge in [-0.05, 0) is 54.6 Å². The number of carbonyl (C=O) groups is 2. The van der Waals surface area contributed by atoms with E-state index >= 15 is 0 Å². The molecule has 0 bridgehead atoms. The predicted octanol–water partition coefficient (Wildman–Crippen LogP) is 2.72. The van der Waals surface area contributed by atoms with Crippen LogP contribution >= 0.6 is 0 Å². The number of aromatic nitrogens is 2. The minimum atomic E-state index is -3.13. The van der Waals surface area contributed by atoms with E-state index in [2.05, 4.69) is 9.97 Å². The number of amides is 1. The molecule has 11 nitrogen and oxygen atoms in total. The number of carbonyl (C=O) groups excluding carboxylic acids is 2. The minimum absolute atomic E-state index is 0.0127. The fourth-order valence-corrected chi connectivity index (χ4v) is 4.96. The second-order valence-electron chi connectivity index (χ2n) is 9.79. The van der Waals surface area contributed by atoms with Crippen molar-refractivity contribution in [2.45, 2.75) is 37.6 Å². The molecule has 0 aliphatic carbocycles. The molecular weight excluding hydrogens is 534 g/mol. The van der Waals surface area contributed by atoms with Gasteiger partial charge in [-0.25, -0.2) is 23.2 Å². The Morgan fingerprint density at radius 3 is 2.48 bits per heavy atom. The summed E-state index contributed by atoms with van der Waals surface area (Å²) in [7, 11) is 2.14. The lowest BCUT2D eigenvalue weighted by Crippen LogP contribution is -2.45. The van der Waals surface area contributed by atoms with Gasteiger partial charge in [0.1, 0.15) is 23.4 Å². The van der Waals surface area contributed by atoms with Crippen LogP contribution in [0, 0.1) is 5.92 Å². The van der Waals surface area contributed by atoms with Gasteiger partial charge in [-0.3, -0.25) is 4.79 Å². The van der Waals surface area contributed by atoms with Crippen LogP contribution in [0.2, 0.25) is 0 Å². The summed E-state index contributed by atoms with van der Waals surface area (Å²) < 4.78 is 32.9. The molecule has 216 valence electrons. The van der Waals surface area contributed by atoms with Crippen molar-refractivity contribution in [1.82, 2.24) is 14.9 Å². The Balaban J connectivity index is 0.000000285. The van der Waals surface area contributed by atoms with Crippen molar-refractivity contribution in [3.8, 4) is 5.75 Å². The minimum Gasteiger partial charge on any atom is -0.496 e. The highest BCUT2D eigenvalue weighted by atomic mass is 32.2. The number of hydrogen-bond donors (Lipinski definition) is 1. The van der Waals surface area contributed by atoms with Gasteiger partial charge in [-0.1, -0.05) is 6.92 Å². The van der Waals surface area contributed by atoms with Gasteiger partial charge in [0, 0.05) is 57.0 Å². The summed E-state index contributed by atoms with van der Waals surface area (Å²) in [6.45, 7) is 4.47. The van der Waals surface area contributed by atoms with Crippen molar-refractivity contribution in [2.24, 2.45) is 5.92 Å². The molecule has 1 fully saturated rings. The fourth-order valence-electron chi connectivity index (χ4n) is 4.40. The molecule has 3 aromatic rings. The third-order valence-electron chi connectivity index (χ3n) is 6.66. The maximum Gasteiger partial charge on any atom is 0.329 e. The molecule has 2 aromatic heterocycles. The monoisotopic (exact) mass is 571 g/mol.